The van der Waals surface area contributed by atoms with Gasteiger partial charge in [-0.05, 0) is 51.2 Å². The van der Waals surface area contributed by atoms with Crippen molar-refractivity contribution in [3.63, 3.8) is 0 Å². The molecule has 2 amide bonds. The van der Waals surface area contributed by atoms with Gasteiger partial charge in [0.05, 0.1) is 0 Å². The third-order valence-electron chi connectivity index (χ3n) is 4.22. The van der Waals surface area contributed by atoms with Gasteiger partial charge in [-0.2, -0.15) is 0 Å². The molecule has 0 aromatic heterocycles. The number of amides is 2. The van der Waals surface area contributed by atoms with Crippen LogP contribution in [0.5, 0.6) is 0 Å². The van der Waals surface area contributed by atoms with Crippen molar-refractivity contribution in [2.45, 2.75) is 77.3 Å². The summed E-state index contributed by atoms with van der Waals surface area (Å²) in [6.07, 6.45) is 9.09. The van der Waals surface area contributed by atoms with E-state index in [2.05, 4.69) is 17.6 Å². The highest BCUT2D eigenvalue weighted by Gasteiger charge is 2.31. The second kappa shape index (κ2) is 10.9. The first-order valence-electron chi connectivity index (χ1n) is 8.78. The van der Waals surface area contributed by atoms with Gasteiger partial charge in [-0.3, -0.25) is 9.59 Å². The molecule has 2 atom stereocenters. The third-order valence-corrected chi connectivity index (χ3v) is 4.22. The van der Waals surface area contributed by atoms with Crippen LogP contribution in [0.3, 0.4) is 0 Å². The van der Waals surface area contributed by atoms with Gasteiger partial charge in [-0.25, -0.2) is 8.78 Å². The van der Waals surface area contributed by atoms with Crippen LogP contribution in [0.4, 0.5) is 8.78 Å². The van der Waals surface area contributed by atoms with E-state index in [1.807, 2.05) is 0 Å². The lowest BCUT2D eigenvalue weighted by Crippen LogP contribution is -2.48. The first-order chi connectivity index (χ1) is 11.5. The van der Waals surface area contributed by atoms with E-state index in [9.17, 15) is 18.4 Å². The average Bonchev–Trinajstić information content (AvgIpc) is 3.00. The number of unbranched alkanes of at least 4 members (excludes halogenated alkanes) is 4. The van der Waals surface area contributed by atoms with E-state index in [0.717, 1.165) is 38.2 Å². The second-order valence-corrected chi connectivity index (χ2v) is 6.13. The molecule has 1 rings (SSSR count). The quantitative estimate of drug-likeness (QED) is 0.494. The van der Waals surface area contributed by atoms with Gasteiger partial charge in [0, 0.05) is 12.1 Å². The Morgan fingerprint density at radius 3 is 2.12 bits per heavy atom. The van der Waals surface area contributed by atoms with Crippen LogP contribution in [0, 0.1) is 0 Å². The summed E-state index contributed by atoms with van der Waals surface area (Å²) in [5, 5.41) is 5.16. The van der Waals surface area contributed by atoms with E-state index in [4.69, 9.17) is 0 Å². The van der Waals surface area contributed by atoms with Crippen molar-refractivity contribution < 1.29 is 18.4 Å². The fourth-order valence-electron chi connectivity index (χ4n) is 2.80. The van der Waals surface area contributed by atoms with Crippen molar-refractivity contribution in [3.05, 3.63) is 23.8 Å². The number of carbonyl (C=O) groups excluding carboxylic acids is 2. The number of allylic oxidation sites excluding steroid dienone is 2. The minimum Gasteiger partial charge on any atom is -0.345 e. The van der Waals surface area contributed by atoms with Gasteiger partial charge >= 0.3 is 0 Å². The highest BCUT2D eigenvalue weighted by molar-refractivity contribution is 5.92. The maximum Gasteiger partial charge on any atom is 0.279 e. The molecule has 2 unspecified atom stereocenters. The van der Waals surface area contributed by atoms with Crippen molar-refractivity contribution in [1.29, 1.82) is 0 Å². The van der Waals surface area contributed by atoms with Gasteiger partial charge in [0.2, 0.25) is 0 Å². The van der Waals surface area contributed by atoms with E-state index in [1.165, 1.54) is 13.0 Å². The molecule has 1 aliphatic carbocycles. The molecule has 0 bridgehead atoms. The fourth-order valence-corrected chi connectivity index (χ4v) is 2.80. The molecule has 0 saturated heterocycles. The highest BCUT2D eigenvalue weighted by Crippen LogP contribution is 2.20. The largest absolute Gasteiger partial charge is 0.345 e. The number of hydrogen-bond donors (Lipinski definition) is 2. The lowest BCUT2D eigenvalue weighted by Gasteiger charge is -2.21. The molecule has 0 aromatic carbocycles. The average molecular weight is 342 g/mol. The normalized spacial score (nSPS) is 21.7. The summed E-state index contributed by atoms with van der Waals surface area (Å²) < 4.78 is 27.0. The Balaban J connectivity index is 2.46. The topological polar surface area (TPSA) is 58.2 Å². The molecule has 1 aliphatic rings. The van der Waals surface area contributed by atoms with Crippen LogP contribution in [-0.4, -0.2) is 23.9 Å². The smallest absolute Gasteiger partial charge is 0.279 e. The Morgan fingerprint density at radius 1 is 1.00 bits per heavy atom. The Labute approximate surface area is 142 Å². The van der Waals surface area contributed by atoms with Crippen LogP contribution in [-0.2, 0) is 9.59 Å². The maximum atomic E-state index is 13.8. The summed E-state index contributed by atoms with van der Waals surface area (Å²) in [6, 6.07) is -0.741. The van der Waals surface area contributed by atoms with Crippen molar-refractivity contribution in [2.24, 2.45) is 0 Å². The lowest BCUT2D eigenvalue weighted by molar-refractivity contribution is -0.122. The summed E-state index contributed by atoms with van der Waals surface area (Å²) in [5.74, 6) is -3.20. The molecule has 1 fully saturated rings. The van der Waals surface area contributed by atoms with Gasteiger partial charge in [-0.15, -0.1) is 0 Å². The third kappa shape index (κ3) is 6.81. The van der Waals surface area contributed by atoms with Crippen molar-refractivity contribution in [1.82, 2.24) is 10.6 Å². The van der Waals surface area contributed by atoms with Gasteiger partial charge in [0.15, 0.2) is 11.7 Å². The van der Waals surface area contributed by atoms with Crippen LogP contribution in [0.2, 0.25) is 0 Å². The van der Waals surface area contributed by atoms with E-state index in [-0.39, 0.29) is 12.1 Å². The molecular weight excluding hydrogens is 314 g/mol. The zero-order valence-corrected chi connectivity index (χ0v) is 14.5. The minimum absolute atomic E-state index is 0.370. The van der Waals surface area contributed by atoms with Crippen molar-refractivity contribution in [2.75, 3.05) is 0 Å². The minimum atomic E-state index is -0.856. The number of rotatable bonds is 9. The Bertz CT molecular complexity index is 489. The first-order valence-corrected chi connectivity index (χ1v) is 8.78. The molecule has 136 valence electrons. The summed E-state index contributed by atoms with van der Waals surface area (Å²) in [4.78, 5) is 23.5. The van der Waals surface area contributed by atoms with E-state index in [1.54, 1.807) is 0 Å². The predicted molar refractivity (Wildman–Crippen MR) is 90.5 cm³/mol. The molecule has 4 nitrogen and oxygen atoms in total. The molecule has 0 spiro atoms. The summed E-state index contributed by atoms with van der Waals surface area (Å²) in [7, 11) is 0. The van der Waals surface area contributed by atoms with E-state index < -0.39 is 23.5 Å². The predicted octanol–water partition coefficient (Wildman–Crippen LogP) is 3.84. The molecule has 0 aliphatic heterocycles. The number of hydrogen-bond acceptors (Lipinski definition) is 2. The van der Waals surface area contributed by atoms with Gasteiger partial charge in [-0.1, -0.05) is 26.2 Å². The summed E-state index contributed by atoms with van der Waals surface area (Å²) in [5.41, 5.74) is 0. The van der Waals surface area contributed by atoms with Gasteiger partial charge in [0.1, 0.15) is 0 Å². The van der Waals surface area contributed by atoms with Crippen LogP contribution in [0.25, 0.3) is 0 Å². The zero-order valence-electron chi connectivity index (χ0n) is 14.5. The zero-order chi connectivity index (χ0) is 17.9. The number of nitrogens with one attached hydrogen (secondary N) is 2. The first kappa shape index (κ1) is 20.3. The van der Waals surface area contributed by atoms with E-state index in [0.29, 0.717) is 19.3 Å². The molecule has 0 radical (unpaired) electrons. The molecule has 1 saturated carbocycles. The molecule has 2 N–H and O–H groups in total. The molecule has 0 aromatic rings. The SMILES string of the molecule is CC=C(F)C(=O)NC1CCCC1NC(=O)C(F)=CCCCCCC. The standard InChI is InChI=1S/C18H28F2N2O2/c1-3-5-6-7-8-10-14(20)18(24)22-16-12-9-11-15(16)21-17(23)13(19)4-2/h4,10,15-16H,3,5-9,11-12H2,1-2H3,(H,21,23)(H,22,24). The lowest BCUT2D eigenvalue weighted by atomic mass is 10.1. The Hall–Kier alpha value is -1.72. The van der Waals surface area contributed by atoms with Gasteiger partial charge in [0.25, 0.3) is 11.8 Å². The Morgan fingerprint density at radius 2 is 1.58 bits per heavy atom. The van der Waals surface area contributed by atoms with Gasteiger partial charge < -0.3 is 10.6 Å². The van der Waals surface area contributed by atoms with Crippen LogP contribution in [0.1, 0.15) is 65.2 Å². The van der Waals surface area contributed by atoms with Crippen LogP contribution < -0.4 is 10.6 Å². The summed E-state index contributed by atoms with van der Waals surface area (Å²) >= 11 is 0. The van der Waals surface area contributed by atoms with Crippen LogP contribution in [0.15, 0.2) is 23.8 Å². The van der Waals surface area contributed by atoms with Crippen molar-refractivity contribution in [3.8, 4) is 0 Å². The molecule has 24 heavy (non-hydrogen) atoms. The monoisotopic (exact) mass is 342 g/mol. The number of carbonyl (C=O) groups is 2. The highest BCUT2D eigenvalue weighted by atomic mass is 19.1. The maximum absolute atomic E-state index is 13.8. The van der Waals surface area contributed by atoms with Crippen molar-refractivity contribution >= 4 is 11.8 Å². The van der Waals surface area contributed by atoms with Crippen LogP contribution >= 0.6 is 0 Å². The number of halogens is 2. The second-order valence-electron chi connectivity index (χ2n) is 6.13. The summed E-state index contributed by atoms with van der Waals surface area (Å²) in [6.45, 7) is 3.53. The molecule has 0 heterocycles. The molecule has 6 heteroatoms. The fraction of sp³-hybridized carbons (Fsp3) is 0.667. The Kier molecular flexibility index (Phi) is 9.27. The van der Waals surface area contributed by atoms with E-state index >= 15 is 0 Å². The molecular formula is C18H28F2N2O2.